The van der Waals surface area contributed by atoms with Crippen molar-refractivity contribution in [2.75, 3.05) is 5.32 Å². The Bertz CT molecular complexity index is 751. The van der Waals surface area contributed by atoms with Crippen LogP contribution < -0.4 is 11.1 Å². The molecule has 7 heteroatoms. The summed E-state index contributed by atoms with van der Waals surface area (Å²) in [4.78, 5) is 20.3. The van der Waals surface area contributed by atoms with E-state index in [1.165, 1.54) is 12.0 Å². The quantitative estimate of drug-likeness (QED) is 0.876. The smallest absolute Gasteiger partial charge is 0.282 e. The first kappa shape index (κ1) is 16.0. The summed E-state index contributed by atoms with van der Waals surface area (Å²) in [6.45, 7) is 3.67. The molecule has 3 rings (SSSR count). The molecular formula is C17H20N4O3. The number of amidine groups is 1. The third kappa shape index (κ3) is 3.56. The fourth-order valence-corrected chi connectivity index (χ4v) is 2.65. The first-order valence-corrected chi connectivity index (χ1v) is 7.83. The number of ether oxygens (including phenoxy) is 1. The highest BCUT2D eigenvalue weighted by Crippen LogP contribution is 2.19. The summed E-state index contributed by atoms with van der Waals surface area (Å²) in [7, 11) is 0. The summed E-state index contributed by atoms with van der Waals surface area (Å²) in [5, 5.41) is 2.80. The molecule has 1 aliphatic rings. The Balaban J connectivity index is 1.56. The van der Waals surface area contributed by atoms with E-state index in [9.17, 15) is 4.79 Å². The van der Waals surface area contributed by atoms with Crippen molar-refractivity contribution in [2.45, 2.75) is 38.8 Å². The van der Waals surface area contributed by atoms with Crippen LogP contribution in [0.2, 0.25) is 0 Å². The second kappa shape index (κ2) is 6.74. The van der Waals surface area contributed by atoms with Crippen molar-refractivity contribution in [3.8, 4) is 0 Å². The number of aliphatic imine (C=N–C) groups is 1. The van der Waals surface area contributed by atoms with E-state index in [1.54, 1.807) is 6.92 Å². The Kier molecular flexibility index (Phi) is 4.50. The molecule has 24 heavy (non-hydrogen) atoms. The molecule has 0 fully saturated rings. The Morgan fingerprint density at radius 3 is 2.67 bits per heavy atom. The number of hydrogen-bond donors (Lipinski definition) is 2. The van der Waals surface area contributed by atoms with Gasteiger partial charge in [0.25, 0.3) is 11.9 Å². The van der Waals surface area contributed by atoms with Crippen LogP contribution in [0.25, 0.3) is 0 Å². The maximum absolute atomic E-state index is 12.1. The van der Waals surface area contributed by atoms with Gasteiger partial charge in [-0.2, -0.15) is 0 Å². The minimum atomic E-state index is -0.282. The summed E-state index contributed by atoms with van der Waals surface area (Å²) in [6, 6.07) is 8.08. The van der Waals surface area contributed by atoms with Gasteiger partial charge in [-0.1, -0.05) is 12.1 Å². The lowest BCUT2D eigenvalue weighted by atomic mass is 10.0. The third-order valence-corrected chi connectivity index (χ3v) is 4.04. The maximum atomic E-state index is 12.1. The zero-order valence-corrected chi connectivity index (χ0v) is 13.7. The first-order chi connectivity index (χ1) is 11.5. The van der Waals surface area contributed by atoms with Crippen molar-refractivity contribution < 1.29 is 13.9 Å². The zero-order valence-electron chi connectivity index (χ0n) is 13.7. The van der Waals surface area contributed by atoms with Gasteiger partial charge in [0.05, 0.1) is 6.04 Å². The summed E-state index contributed by atoms with van der Waals surface area (Å²) in [5.74, 6) is 0.215. The zero-order chi connectivity index (χ0) is 17.1. The minimum absolute atomic E-state index is 0.0225. The van der Waals surface area contributed by atoms with E-state index in [2.05, 4.69) is 15.3 Å². The van der Waals surface area contributed by atoms with Crippen molar-refractivity contribution in [3.05, 3.63) is 47.7 Å². The van der Waals surface area contributed by atoms with Crippen molar-refractivity contribution in [3.63, 3.8) is 0 Å². The molecule has 126 valence electrons. The lowest BCUT2D eigenvalue weighted by Crippen LogP contribution is -2.20. The molecule has 0 unspecified atom stereocenters. The monoisotopic (exact) mass is 328 g/mol. The van der Waals surface area contributed by atoms with Crippen molar-refractivity contribution in [1.82, 2.24) is 4.98 Å². The van der Waals surface area contributed by atoms with Crippen molar-refractivity contribution in [1.29, 1.82) is 0 Å². The van der Waals surface area contributed by atoms with Crippen LogP contribution in [0.1, 0.15) is 35.2 Å². The number of amides is 1. The Morgan fingerprint density at radius 2 is 2.08 bits per heavy atom. The number of nitrogens with one attached hydrogen (secondary N) is 1. The number of nitrogens with two attached hydrogens (primary N) is 1. The summed E-state index contributed by atoms with van der Waals surface area (Å²) in [6.07, 6.45) is 3.02. The van der Waals surface area contributed by atoms with E-state index >= 15 is 0 Å². The number of aromatic nitrogens is 1. The van der Waals surface area contributed by atoms with Crippen LogP contribution >= 0.6 is 0 Å². The van der Waals surface area contributed by atoms with Crippen LogP contribution in [0.15, 0.2) is 40.1 Å². The molecule has 0 saturated heterocycles. The second-order valence-corrected chi connectivity index (χ2v) is 5.80. The van der Waals surface area contributed by atoms with E-state index in [0.717, 1.165) is 12.8 Å². The van der Waals surface area contributed by atoms with E-state index in [-0.39, 0.29) is 24.1 Å². The molecule has 1 aromatic carbocycles. The summed E-state index contributed by atoms with van der Waals surface area (Å²) >= 11 is 0. The van der Waals surface area contributed by atoms with Gasteiger partial charge in [-0.05, 0) is 44.4 Å². The molecule has 1 aliphatic heterocycles. The number of anilines is 1. The molecule has 0 radical (unpaired) electrons. The van der Waals surface area contributed by atoms with E-state index < -0.39 is 0 Å². The average molecular weight is 328 g/mol. The van der Waals surface area contributed by atoms with Gasteiger partial charge in [-0.25, -0.2) is 9.98 Å². The van der Waals surface area contributed by atoms with Gasteiger partial charge in [-0.3, -0.25) is 4.79 Å². The number of carbonyl (C=O) groups excluding carboxylic acids is 1. The van der Waals surface area contributed by atoms with E-state index in [1.807, 2.05) is 31.2 Å². The normalized spacial score (nSPS) is 19.7. The Morgan fingerprint density at radius 1 is 1.33 bits per heavy atom. The van der Waals surface area contributed by atoms with E-state index in [0.29, 0.717) is 17.1 Å². The van der Waals surface area contributed by atoms with Gasteiger partial charge in [0, 0.05) is 5.69 Å². The van der Waals surface area contributed by atoms with Crippen LogP contribution in [0.3, 0.4) is 0 Å². The van der Waals surface area contributed by atoms with Gasteiger partial charge in [0.15, 0.2) is 12.1 Å². The highest BCUT2D eigenvalue weighted by molar-refractivity contribution is 6.03. The number of oxazole rings is 1. The molecule has 2 aromatic rings. The lowest BCUT2D eigenvalue weighted by Gasteiger charge is -2.12. The average Bonchev–Trinajstić information content (AvgIpc) is 3.11. The fourth-order valence-electron chi connectivity index (χ4n) is 2.65. The number of rotatable bonds is 5. The maximum Gasteiger partial charge on any atom is 0.282 e. The predicted molar refractivity (Wildman–Crippen MR) is 89.9 cm³/mol. The molecular weight excluding hydrogens is 308 g/mol. The summed E-state index contributed by atoms with van der Waals surface area (Å²) in [5.41, 5.74) is 7.75. The van der Waals surface area contributed by atoms with Crippen LogP contribution in [0, 0.1) is 6.92 Å². The number of benzene rings is 1. The SMILES string of the molecule is Cc1ocnc1C(=O)Nc1ccc(CC[C@H]2N=C(N)O[C@H]2C)cc1. The topological polar surface area (TPSA) is 103 Å². The number of carbonyl (C=O) groups is 1. The molecule has 0 bridgehead atoms. The van der Waals surface area contributed by atoms with Gasteiger partial charge in [-0.15, -0.1) is 0 Å². The summed E-state index contributed by atoms with van der Waals surface area (Å²) < 4.78 is 10.4. The van der Waals surface area contributed by atoms with Crippen LogP contribution in [0.5, 0.6) is 0 Å². The van der Waals surface area contributed by atoms with Crippen molar-refractivity contribution >= 4 is 17.6 Å². The van der Waals surface area contributed by atoms with Crippen LogP contribution in [0.4, 0.5) is 5.69 Å². The Hall–Kier alpha value is -2.83. The third-order valence-electron chi connectivity index (χ3n) is 4.04. The van der Waals surface area contributed by atoms with Crippen LogP contribution in [-0.4, -0.2) is 29.1 Å². The molecule has 0 saturated carbocycles. The number of nitrogens with zero attached hydrogens (tertiary/aromatic N) is 2. The van der Waals surface area contributed by atoms with Gasteiger partial charge in [0.1, 0.15) is 11.9 Å². The molecule has 3 N–H and O–H groups in total. The number of aryl methyl sites for hydroxylation is 2. The Labute approximate surface area is 139 Å². The highest BCUT2D eigenvalue weighted by atomic mass is 16.5. The van der Waals surface area contributed by atoms with Crippen LogP contribution in [-0.2, 0) is 11.2 Å². The molecule has 1 amide bonds. The fraction of sp³-hybridized carbons (Fsp3) is 0.353. The molecule has 2 heterocycles. The van der Waals surface area contributed by atoms with Gasteiger partial charge in [0.2, 0.25) is 0 Å². The lowest BCUT2D eigenvalue weighted by molar-refractivity contribution is 0.102. The first-order valence-electron chi connectivity index (χ1n) is 7.83. The minimum Gasteiger partial charge on any atom is -0.460 e. The van der Waals surface area contributed by atoms with Gasteiger partial charge >= 0.3 is 0 Å². The predicted octanol–water partition coefficient (Wildman–Crippen LogP) is 2.27. The molecule has 2 atom stereocenters. The molecule has 1 aromatic heterocycles. The van der Waals surface area contributed by atoms with Crippen molar-refractivity contribution in [2.24, 2.45) is 10.7 Å². The molecule has 7 nitrogen and oxygen atoms in total. The van der Waals surface area contributed by atoms with E-state index in [4.69, 9.17) is 14.9 Å². The largest absolute Gasteiger partial charge is 0.460 e. The highest BCUT2D eigenvalue weighted by Gasteiger charge is 2.25. The van der Waals surface area contributed by atoms with Gasteiger partial charge < -0.3 is 20.2 Å². The number of hydrogen-bond acceptors (Lipinski definition) is 6. The molecule has 0 spiro atoms. The second-order valence-electron chi connectivity index (χ2n) is 5.80. The molecule has 0 aliphatic carbocycles. The standard InChI is InChI=1S/C17H20N4O3/c1-10-14(21-17(18)24-10)8-5-12-3-6-13(7-4-12)20-16(22)15-11(2)23-9-19-15/h3-4,6-7,9-10,14H,5,8H2,1-2H3,(H2,18,21)(H,20,22)/t10-,14+/m0/s1.